The van der Waals surface area contributed by atoms with Crippen LogP contribution in [0.5, 0.6) is 5.75 Å². The Bertz CT molecular complexity index is 463. The van der Waals surface area contributed by atoms with Gasteiger partial charge < -0.3 is 16.2 Å². The van der Waals surface area contributed by atoms with Crippen molar-refractivity contribution in [2.45, 2.75) is 39.2 Å². The molecule has 0 spiro atoms. The summed E-state index contributed by atoms with van der Waals surface area (Å²) in [4.78, 5) is 11.1. The minimum absolute atomic E-state index is 0.209. The smallest absolute Gasteiger partial charge is 0.248 e. The first kappa shape index (κ1) is 13.7. The SMILES string of the molecule is CC1CC(C)CC(Oc2ccc(C(N)=O)cc2N)C1. The molecule has 2 atom stereocenters. The Labute approximate surface area is 114 Å². The van der Waals surface area contributed by atoms with E-state index in [4.69, 9.17) is 16.2 Å². The number of benzene rings is 1. The van der Waals surface area contributed by atoms with Crippen molar-refractivity contribution in [1.29, 1.82) is 0 Å². The van der Waals surface area contributed by atoms with Gasteiger partial charge in [0.1, 0.15) is 5.75 Å². The second-order valence-corrected chi connectivity index (χ2v) is 5.77. The van der Waals surface area contributed by atoms with Gasteiger partial charge in [0.15, 0.2) is 0 Å². The Hall–Kier alpha value is -1.71. The van der Waals surface area contributed by atoms with Crippen LogP contribution in [0.25, 0.3) is 0 Å². The van der Waals surface area contributed by atoms with Gasteiger partial charge in [0.25, 0.3) is 0 Å². The van der Waals surface area contributed by atoms with Gasteiger partial charge >= 0.3 is 0 Å². The van der Waals surface area contributed by atoms with E-state index in [0.717, 1.165) is 12.8 Å². The molecule has 104 valence electrons. The van der Waals surface area contributed by atoms with Gasteiger partial charge in [-0.15, -0.1) is 0 Å². The highest BCUT2D eigenvalue weighted by Crippen LogP contribution is 2.33. The molecule has 4 N–H and O–H groups in total. The minimum Gasteiger partial charge on any atom is -0.488 e. The summed E-state index contributed by atoms with van der Waals surface area (Å²) in [6, 6.07) is 4.97. The molecule has 4 nitrogen and oxygen atoms in total. The van der Waals surface area contributed by atoms with Crippen molar-refractivity contribution in [2.24, 2.45) is 17.6 Å². The lowest BCUT2D eigenvalue weighted by atomic mass is 9.82. The van der Waals surface area contributed by atoms with Crippen molar-refractivity contribution in [1.82, 2.24) is 0 Å². The van der Waals surface area contributed by atoms with Crippen LogP contribution in [-0.2, 0) is 0 Å². The minimum atomic E-state index is -0.474. The predicted molar refractivity (Wildman–Crippen MR) is 76.0 cm³/mol. The van der Waals surface area contributed by atoms with Crippen LogP contribution in [-0.4, -0.2) is 12.0 Å². The number of hydrogen-bond acceptors (Lipinski definition) is 3. The summed E-state index contributed by atoms with van der Waals surface area (Å²) in [6.45, 7) is 4.51. The zero-order valence-corrected chi connectivity index (χ0v) is 11.6. The quantitative estimate of drug-likeness (QED) is 0.822. The van der Waals surface area contributed by atoms with E-state index >= 15 is 0 Å². The van der Waals surface area contributed by atoms with Gasteiger partial charge in [0, 0.05) is 5.56 Å². The van der Waals surface area contributed by atoms with Crippen molar-refractivity contribution in [3.8, 4) is 5.75 Å². The molecule has 0 aliphatic heterocycles. The lowest BCUT2D eigenvalue weighted by molar-refractivity contribution is 0.0998. The molecule has 0 bridgehead atoms. The number of primary amides is 1. The number of hydrogen-bond donors (Lipinski definition) is 2. The summed E-state index contributed by atoms with van der Waals surface area (Å²) in [6.07, 6.45) is 3.58. The Morgan fingerprint density at radius 1 is 1.21 bits per heavy atom. The van der Waals surface area contributed by atoms with Gasteiger partial charge in [0.2, 0.25) is 5.91 Å². The molecule has 2 rings (SSSR count). The normalized spacial score (nSPS) is 26.9. The fraction of sp³-hybridized carbons (Fsp3) is 0.533. The first-order valence-corrected chi connectivity index (χ1v) is 6.81. The van der Waals surface area contributed by atoms with Crippen LogP contribution in [0.15, 0.2) is 18.2 Å². The monoisotopic (exact) mass is 262 g/mol. The Balaban J connectivity index is 2.08. The van der Waals surface area contributed by atoms with Gasteiger partial charge in [-0.1, -0.05) is 13.8 Å². The van der Waals surface area contributed by atoms with Crippen molar-refractivity contribution in [2.75, 3.05) is 5.73 Å². The standard InChI is InChI=1S/C15H22N2O2/c1-9-5-10(2)7-12(6-9)19-14-4-3-11(15(17)18)8-13(14)16/h3-4,8-10,12H,5-7,16H2,1-2H3,(H2,17,18). The maximum Gasteiger partial charge on any atom is 0.248 e. The van der Waals surface area contributed by atoms with Gasteiger partial charge in [-0.25, -0.2) is 0 Å². The van der Waals surface area contributed by atoms with E-state index in [1.54, 1.807) is 18.2 Å². The van der Waals surface area contributed by atoms with Crippen LogP contribution < -0.4 is 16.2 Å². The average Bonchev–Trinajstić information content (AvgIpc) is 2.30. The number of anilines is 1. The topological polar surface area (TPSA) is 78.3 Å². The highest BCUT2D eigenvalue weighted by Gasteiger charge is 2.25. The Morgan fingerprint density at radius 2 is 1.84 bits per heavy atom. The molecule has 1 aliphatic carbocycles. The summed E-state index contributed by atoms with van der Waals surface area (Å²) in [5, 5.41) is 0. The molecular weight excluding hydrogens is 240 g/mol. The molecule has 0 aromatic heterocycles. The van der Waals surface area contributed by atoms with Crippen molar-refractivity contribution < 1.29 is 9.53 Å². The molecule has 0 heterocycles. The molecule has 19 heavy (non-hydrogen) atoms. The van der Waals surface area contributed by atoms with Crippen LogP contribution in [0.1, 0.15) is 43.5 Å². The molecule has 0 radical (unpaired) electrons. The number of carbonyl (C=O) groups excluding carboxylic acids is 1. The second-order valence-electron chi connectivity index (χ2n) is 5.77. The summed E-state index contributed by atoms with van der Waals surface area (Å²) in [5.74, 6) is 1.54. The first-order chi connectivity index (χ1) is 8.95. The Morgan fingerprint density at radius 3 is 2.37 bits per heavy atom. The summed E-state index contributed by atoms with van der Waals surface area (Å²) in [7, 11) is 0. The van der Waals surface area contributed by atoms with Crippen LogP contribution in [0.3, 0.4) is 0 Å². The number of carbonyl (C=O) groups is 1. The summed E-state index contributed by atoms with van der Waals surface area (Å²) < 4.78 is 5.98. The predicted octanol–water partition coefficient (Wildman–Crippen LogP) is 2.57. The van der Waals surface area contributed by atoms with E-state index in [2.05, 4.69) is 13.8 Å². The first-order valence-electron chi connectivity index (χ1n) is 6.81. The van der Waals surface area contributed by atoms with Crippen LogP contribution in [0.4, 0.5) is 5.69 Å². The molecule has 0 saturated heterocycles. The van der Waals surface area contributed by atoms with Gasteiger partial charge in [-0.2, -0.15) is 0 Å². The maximum atomic E-state index is 11.1. The third-order valence-corrected chi connectivity index (χ3v) is 3.72. The number of amides is 1. The molecule has 1 amide bonds. The Kier molecular flexibility index (Phi) is 3.98. The molecular formula is C15H22N2O2. The zero-order chi connectivity index (χ0) is 14.0. The summed E-state index contributed by atoms with van der Waals surface area (Å²) in [5.41, 5.74) is 12.0. The molecule has 1 fully saturated rings. The lowest BCUT2D eigenvalue weighted by Crippen LogP contribution is -2.28. The van der Waals surface area contributed by atoms with Crippen LogP contribution >= 0.6 is 0 Å². The zero-order valence-electron chi connectivity index (χ0n) is 11.6. The van der Waals surface area contributed by atoms with E-state index in [-0.39, 0.29) is 6.10 Å². The lowest BCUT2D eigenvalue weighted by Gasteiger charge is -2.32. The number of nitrogen functional groups attached to an aromatic ring is 1. The van der Waals surface area contributed by atoms with E-state index in [1.807, 2.05) is 0 Å². The number of nitrogens with two attached hydrogens (primary N) is 2. The molecule has 1 aromatic carbocycles. The maximum absolute atomic E-state index is 11.1. The van der Waals surface area contributed by atoms with Gasteiger partial charge in [0.05, 0.1) is 11.8 Å². The highest BCUT2D eigenvalue weighted by molar-refractivity contribution is 5.94. The van der Waals surface area contributed by atoms with E-state index < -0.39 is 5.91 Å². The fourth-order valence-corrected chi connectivity index (χ4v) is 2.96. The molecule has 1 saturated carbocycles. The third-order valence-electron chi connectivity index (χ3n) is 3.72. The molecule has 1 aromatic rings. The van der Waals surface area contributed by atoms with Crippen molar-refractivity contribution >= 4 is 11.6 Å². The largest absolute Gasteiger partial charge is 0.488 e. The molecule has 1 aliphatic rings. The number of rotatable bonds is 3. The van der Waals surface area contributed by atoms with Gasteiger partial charge in [-0.05, 0) is 49.3 Å². The third kappa shape index (κ3) is 3.40. The van der Waals surface area contributed by atoms with E-state index in [0.29, 0.717) is 28.8 Å². The van der Waals surface area contributed by atoms with Gasteiger partial charge in [-0.3, -0.25) is 4.79 Å². The van der Waals surface area contributed by atoms with Crippen LogP contribution in [0.2, 0.25) is 0 Å². The second kappa shape index (κ2) is 5.51. The van der Waals surface area contributed by atoms with Crippen molar-refractivity contribution in [3.63, 3.8) is 0 Å². The van der Waals surface area contributed by atoms with E-state index in [1.165, 1.54) is 6.42 Å². The fourth-order valence-electron chi connectivity index (χ4n) is 2.96. The average molecular weight is 262 g/mol. The number of ether oxygens (including phenoxy) is 1. The molecule has 2 unspecified atom stereocenters. The summed E-state index contributed by atoms with van der Waals surface area (Å²) >= 11 is 0. The highest BCUT2D eigenvalue weighted by atomic mass is 16.5. The van der Waals surface area contributed by atoms with Crippen LogP contribution in [0, 0.1) is 11.8 Å². The van der Waals surface area contributed by atoms with Crippen molar-refractivity contribution in [3.05, 3.63) is 23.8 Å². The van der Waals surface area contributed by atoms with E-state index in [9.17, 15) is 4.79 Å². The molecule has 4 heteroatoms.